The summed E-state index contributed by atoms with van der Waals surface area (Å²) in [6.07, 6.45) is 16.8. The van der Waals surface area contributed by atoms with Gasteiger partial charge in [-0.25, -0.2) is 5.84 Å². The second kappa shape index (κ2) is 16.1. The number of nitrogens with two attached hydrogens (primary N) is 2. The molecule has 5 N–H and O–H groups in total. The van der Waals surface area contributed by atoms with E-state index in [0.717, 1.165) is 55.1 Å². The summed E-state index contributed by atoms with van der Waals surface area (Å²) in [4.78, 5) is 0. The van der Waals surface area contributed by atoms with Crippen molar-refractivity contribution in [2.45, 2.75) is 114 Å². The minimum atomic E-state index is 0. The van der Waals surface area contributed by atoms with Crippen molar-refractivity contribution in [3.63, 3.8) is 0 Å². The first-order valence-electron chi connectivity index (χ1n) is 14.3. The van der Waals surface area contributed by atoms with Crippen LogP contribution in [0, 0.1) is 52.8 Å². The maximum absolute atomic E-state index is 7.00. The Morgan fingerprint density at radius 3 is 2.18 bits per heavy atom. The topological polar surface area (TPSA) is 75.5 Å². The van der Waals surface area contributed by atoms with E-state index in [1.165, 1.54) is 57.8 Å². The number of fused-ring (bicyclic) bond motifs is 5. The van der Waals surface area contributed by atoms with Crippen molar-refractivity contribution in [3.8, 4) is 0 Å². The zero-order chi connectivity index (χ0) is 25.2. The second-order valence-electron chi connectivity index (χ2n) is 11.1. The molecule has 4 nitrogen and oxygen atoms in total. The summed E-state index contributed by atoms with van der Waals surface area (Å²) in [6, 6.07) is 0. The SMILES string of the molecule is C.CC.CC.CC1CCC2C(CCC3C2CCC2(C)C(C(C)CN(N)/C=C\N)CCC32)C1.CO. The molecule has 4 aliphatic carbocycles. The van der Waals surface area contributed by atoms with Gasteiger partial charge in [0.1, 0.15) is 0 Å². The Morgan fingerprint density at radius 1 is 0.941 bits per heavy atom. The molecule has 0 radical (unpaired) electrons. The Hall–Kier alpha value is -0.740. The van der Waals surface area contributed by atoms with Gasteiger partial charge in [0.15, 0.2) is 0 Å². The van der Waals surface area contributed by atoms with Gasteiger partial charge in [0, 0.05) is 26.1 Å². The van der Waals surface area contributed by atoms with Gasteiger partial charge in [-0.15, -0.1) is 0 Å². The van der Waals surface area contributed by atoms with Crippen LogP contribution in [0.1, 0.15) is 114 Å². The molecule has 0 aromatic rings. The Bertz CT molecular complexity index is 553. The van der Waals surface area contributed by atoms with Crippen molar-refractivity contribution in [3.05, 3.63) is 12.4 Å². The van der Waals surface area contributed by atoms with Crippen LogP contribution in [0.25, 0.3) is 0 Å². The highest BCUT2D eigenvalue weighted by atomic mass is 16.2. The van der Waals surface area contributed by atoms with Gasteiger partial charge >= 0.3 is 0 Å². The van der Waals surface area contributed by atoms with Crippen molar-refractivity contribution in [2.75, 3.05) is 13.7 Å². The van der Waals surface area contributed by atoms with Gasteiger partial charge in [-0.3, -0.25) is 0 Å². The molecular formula is C30H63N3O. The molecule has 9 unspecified atom stereocenters. The molecule has 0 aromatic heterocycles. The van der Waals surface area contributed by atoms with E-state index in [9.17, 15) is 0 Å². The predicted octanol–water partition coefficient (Wildman–Crippen LogP) is 7.43. The van der Waals surface area contributed by atoms with Crippen LogP contribution in [-0.4, -0.2) is 23.8 Å². The number of hydrazine groups is 1. The molecule has 0 heterocycles. The highest BCUT2D eigenvalue weighted by Gasteiger charge is 2.57. The van der Waals surface area contributed by atoms with E-state index in [-0.39, 0.29) is 7.43 Å². The quantitative estimate of drug-likeness (QED) is 0.288. The van der Waals surface area contributed by atoms with E-state index in [0.29, 0.717) is 11.3 Å². The van der Waals surface area contributed by atoms with Crippen LogP contribution in [0.2, 0.25) is 0 Å². The monoisotopic (exact) mass is 481 g/mol. The van der Waals surface area contributed by atoms with Crippen LogP contribution in [0.3, 0.4) is 0 Å². The first-order valence-corrected chi connectivity index (χ1v) is 14.3. The van der Waals surface area contributed by atoms with Crippen LogP contribution in [0.15, 0.2) is 12.4 Å². The number of rotatable bonds is 4. The zero-order valence-electron chi connectivity index (χ0n) is 23.4. The highest BCUT2D eigenvalue weighted by Crippen LogP contribution is 2.65. The first-order chi connectivity index (χ1) is 15.9. The van der Waals surface area contributed by atoms with Crippen molar-refractivity contribution in [2.24, 2.45) is 64.3 Å². The molecule has 0 bridgehead atoms. The Kier molecular flexibility index (Phi) is 15.7. The average Bonchev–Trinajstić information content (AvgIpc) is 3.20. The first kappa shape index (κ1) is 33.3. The van der Waals surface area contributed by atoms with E-state index in [1.54, 1.807) is 11.2 Å². The number of aliphatic hydroxyl groups is 1. The van der Waals surface area contributed by atoms with Gasteiger partial charge in [0.05, 0.1) is 0 Å². The maximum atomic E-state index is 7.00. The number of hydrogen-bond acceptors (Lipinski definition) is 4. The molecule has 4 fully saturated rings. The van der Waals surface area contributed by atoms with Gasteiger partial charge in [0.2, 0.25) is 0 Å². The Morgan fingerprint density at radius 2 is 1.56 bits per heavy atom. The second-order valence-corrected chi connectivity index (χ2v) is 11.1. The van der Waals surface area contributed by atoms with E-state index in [4.69, 9.17) is 16.7 Å². The highest BCUT2D eigenvalue weighted by molar-refractivity contribution is 5.07. The molecule has 0 aliphatic heterocycles. The molecule has 0 saturated heterocycles. The molecule has 4 rings (SSSR count). The van der Waals surface area contributed by atoms with Gasteiger partial charge in [-0.2, -0.15) is 0 Å². The zero-order valence-corrected chi connectivity index (χ0v) is 23.4. The smallest absolute Gasteiger partial charge is 0.0364 e. The molecule has 4 aliphatic rings. The summed E-state index contributed by atoms with van der Waals surface area (Å²) in [7, 11) is 1.00. The minimum absolute atomic E-state index is 0. The summed E-state index contributed by atoms with van der Waals surface area (Å²) in [5.41, 5.74) is 6.07. The summed E-state index contributed by atoms with van der Waals surface area (Å²) >= 11 is 0. The summed E-state index contributed by atoms with van der Waals surface area (Å²) in [5.74, 6) is 13.7. The average molecular weight is 482 g/mol. The maximum Gasteiger partial charge on any atom is 0.0364 e. The van der Waals surface area contributed by atoms with E-state index < -0.39 is 0 Å². The number of hydrogen-bond donors (Lipinski definition) is 3. The Balaban J connectivity index is 0.00000145. The fourth-order valence-electron chi connectivity index (χ4n) is 8.69. The standard InChI is InChI=1S/C24H43N3.2C2H6.CH4O.CH4/c1-16-4-6-19-18(14-16)5-7-21-20(19)10-11-24(3)22(8-9-23(21)24)17(2)15-27(26)13-12-25;3*1-2;/h12-13,16-23H,4-11,14-15,25-26H2,1-3H3;2*1-2H3;2H,1H3;1H4/b13-12-;;;;. The molecule has 204 valence electrons. The third kappa shape index (κ3) is 7.15. The van der Waals surface area contributed by atoms with Gasteiger partial charge in [0.25, 0.3) is 0 Å². The van der Waals surface area contributed by atoms with E-state index >= 15 is 0 Å². The lowest BCUT2D eigenvalue weighted by Gasteiger charge is -2.56. The lowest BCUT2D eigenvalue weighted by molar-refractivity contribution is -0.0737. The van der Waals surface area contributed by atoms with Crippen LogP contribution in [-0.2, 0) is 0 Å². The summed E-state index contributed by atoms with van der Waals surface area (Å²) in [6.45, 7) is 16.5. The molecule has 0 spiro atoms. The molecule has 0 amide bonds. The molecule has 4 saturated carbocycles. The van der Waals surface area contributed by atoms with Crippen LogP contribution in [0.5, 0.6) is 0 Å². The predicted molar refractivity (Wildman–Crippen MR) is 151 cm³/mol. The molecular weight excluding hydrogens is 418 g/mol. The molecule has 9 atom stereocenters. The van der Waals surface area contributed by atoms with E-state index in [2.05, 4.69) is 20.8 Å². The lowest BCUT2D eigenvalue weighted by atomic mass is 9.49. The largest absolute Gasteiger partial charge is 0.403 e. The Labute approximate surface area is 214 Å². The van der Waals surface area contributed by atoms with E-state index in [1.807, 2.05) is 33.9 Å². The minimum Gasteiger partial charge on any atom is -0.403 e. The third-order valence-electron chi connectivity index (χ3n) is 9.75. The van der Waals surface area contributed by atoms with Gasteiger partial charge in [-0.05, 0) is 104 Å². The number of nitrogens with zero attached hydrogens (tertiary/aromatic N) is 1. The molecule has 4 heteroatoms. The lowest BCUT2D eigenvalue weighted by Crippen LogP contribution is -2.49. The number of aliphatic hydroxyl groups excluding tert-OH is 1. The van der Waals surface area contributed by atoms with Crippen LogP contribution >= 0.6 is 0 Å². The van der Waals surface area contributed by atoms with Gasteiger partial charge < -0.3 is 15.8 Å². The van der Waals surface area contributed by atoms with Crippen molar-refractivity contribution in [1.82, 2.24) is 5.01 Å². The fourth-order valence-corrected chi connectivity index (χ4v) is 8.69. The molecule has 0 aromatic carbocycles. The normalized spacial score (nSPS) is 38.6. The van der Waals surface area contributed by atoms with Crippen molar-refractivity contribution < 1.29 is 5.11 Å². The molecule has 34 heavy (non-hydrogen) atoms. The third-order valence-corrected chi connectivity index (χ3v) is 9.75. The van der Waals surface area contributed by atoms with Crippen molar-refractivity contribution in [1.29, 1.82) is 0 Å². The van der Waals surface area contributed by atoms with Gasteiger partial charge in [-0.1, -0.05) is 62.3 Å². The fraction of sp³-hybridized carbons (Fsp3) is 0.933. The summed E-state index contributed by atoms with van der Waals surface area (Å²) in [5, 5.41) is 8.79. The van der Waals surface area contributed by atoms with Crippen LogP contribution < -0.4 is 11.6 Å². The summed E-state index contributed by atoms with van der Waals surface area (Å²) < 4.78 is 0. The van der Waals surface area contributed by atoms with Crippen molar-refractivity contribution >= 4 is 0 Å². The van der Waals surface area contributed by atoms with Crippen LogP contribution in [0.4, 0.5) is 0 Å².